The van der Waals surface area contributed by atoms with Crippen molar-refractivity contribution in [3.05, 3.63) is 52.8 Å². The standard InChI is InChI=1S/C17H23N3/c1-4-14-11-15(20(3)19-14)10-13-9-12-7-5-6-8-16(12)17(13)18-2/h5-8,11,13,17-18H,4,9-10H2,1-3H3. The van der Waals surface area contributed by atoms with E-state index in [1.54, 1.807) is 0 Å². The average Bonchev–Trinajstić information content (AvgIpc) is 2.99. The van der Waals surface area contributed by atoms with Gasteiger partial charge in [-0.15, -0.1) is 0 Å². The Hall–Kier alpha value is -1.61. The normalized spacial score (nSPS) is 21.1. The van der Waals surface area contributed by atoms with Crippen molar-refractivity contribution in [3.8, 4) is 0 Å². The molecule has 1 aliphatic rings. The van der Waals surface area contributed by atoms with E-state index in [0.29, 0.717) is 12.0 Å². The molecule has 1 aromatic heterocycles. The summed E-state index contributed by atoms with van der Waals surface area (Å²) in [6, 6.07) is 11.5. The summed E-state index contributed by atoms with van der Waals surface area (Å²) in [6.45, 7) is 2.16. The minimum Gasteiger partial charge on any atom is -0.313 e. The Labute approximate surface area is 121 Å². The van der Waals surface area contributed by atoms with E-state index in [4.69, 9.17) is 0 Å². The van der Waals surface area contributed by atoms with E-state index in [2.05, 4.69) is 66.4 Å². The van der Waals surface area contributed by atoms with Crippen molar-refractivity contribution >= 4 is 0 Å². The second-order valence-electron chi connectivity index (χ2n) is 5.74. The lowest BCUT2D eigenvalue weighted by atomic mass is 9.95. The fourth-order valence-corrected chi connectivity index (χ4v) is 3.46. The first-order valence-corrected chi connectivity index (χ1v) is 7.49. The zero-order chi connectivity index (χ0) is 14.1. The van der Waals surface area contributed by atoms with Gasteiger partial charge in [0.05, 0.1) is 5.69 Å². The number of aromatic nitrogens is 2. The van der Waals surface area contributed by atoms with Crippen molar-refractivity contribution in [2.45, 2.75) is 32.2 Å². The van der Waals surface area contributed by atoms with Gasteiger partial charge in [-0.2, -0.15) is 5.10 Å². The van der Waals surface area contributed by atoms with Crippen LogP contribution in [0.15, 0.2) is 30.3 Å². The number of hydrogen-bond donors (Lipinski definition) is 1. The van der Waals surface area contributed by atoms with Crippen molar-refractivity contribution in [1.82, 2.24) is 15.1 Å². The molecule has 0 fully saturated rings. The van der Waals surface area contributed by atoms with Crippen LogP contribution < -0.4 is 5.32 Å². The van der Waals surface area contributed by atoms with Crippen LogP contribution >= 0.6 is 0 Å². The maximum absolute atomic E-state index is 4.57. The van der Waals surface area contributed by atoms with Gasteiger partial charge in [-0.1, -0.05) is 31.2 Å². The third-order valence-electron chi connectivity index (χ3n) is 4.52. The number of hydrogen-bond acceptors (Lipinski definition) is 2. The lowest BCUT2D eigenvalue weighted by molar-refractivity contribution is 0.401. The molecule has 2 aromatic rings. The Balaban J connectivity index is 1.83. The zero-order valence-corrected chi connectivity index (χ0v) is 12.6. The number of benzene rings is 1. The molecule has 0 bridgehead atoms. The summed E-state index contributed by atoms with van der Waals surface area (Å²) < 4.78 is 2.05. The molecule has 20 heavy (non-hydrogen) atoms. The van der Waals surface area contributed by atoms with Gasteiger partial charge in [0.2, 0.25) is 0 Å². The molecular formula is C17H23N3. The highest BCUT2D eigenvalue weighted by Crippen LogP contribution is 2.37. The topological polar surface area (TPSA) is 29.9 Å². The van der Waals surface area contributed by atoms with E-state index in [-0.39, 0.29) is 0 Å². The van der Waals surface area contributed by atoms with Gasteiger partial charge in [-0.3, -0.25) is 4.68 Å². The number of nitrogens with zero attached hydrogens (tertiary/aromatic N) is 2. The first kappa shape index (κ1) is 13.4. The second kappa shape index (κ2) is 5.41. The Morgan fingerprint density at radius 1 is 1.35 bits per heavy atom. The van der Waals surface area contributed by atoms with Crippen molar-refractivity contribution < 1.29 is 0 Å². The summed E-state index contributed by atoms with van der Waals surface area (Å²) in [5.41, 5.74) is 5.51. The monoisotopic (exact) mass is 269 g/mol. The highest BCUT2D eigenvalue weighted by atomic mass is 15.3. The van der Waals surface area contributed by atoms with Crippen LogP contribution in [0.3, 0.4) is 0 Å². The molecule has 0 spiro atoms. The molecule has 3 rings (SSSR count). The average molecular weight is 269 g/mol. The fourth-order valence-electron chi connectivity index (χ4n) is 3.46. The van der Waals surface area contributed by atoms with Gasteiger partial charge in [-0.05, 0) is 49.4 Å². The zero-order valence-electron chi connectivity index (χ0n) is 12.6. The second-order valence-corrected chi connectivity index (χ2v) is 5.74. The third kappa shape index (κ3) is 2.27. The first-order chi connectivity index (χ1) is 9.72. The summed E-state index contributed by atoms with van der Waals surface area (Å²) >= 11 is 0. The van der Waals surface area contributed by atoms with Crippen LogP contribution in [-0.4, -0.2) is 16.8 Å². The molecule has 0 radical (unpaired) electrons. The quantitative estimate of drug-likeness (QED) is 0.925. The maximum atomic E-state index is 4.57. The minimum atomic E-state index is 0.464. The summed E-state index contributed by atoms with van der Waals surface area (Å²) in [6.07, 6.45) is 3.26. The fraction of sp³-hybridized carbons (Fsp3) is 0.471. The first-order valence-electron chi connectivity index (χ1n) is 7.49. The van der Waals surface area contributed by atoms with Crippen LogP contribution in [-0.2, 0) is 26.3 Å². The van der Waals surface area contributed by atoms with Crippen LogP contribution in [0.5, 0.6) is 0 Å². The molecule has 1 N–H and O–H groups in total. The molecule has 3 heteroatoms. The summed E-state index contributed by atoms with van der Waals surface area (Å²) in [5.74, 6) is 0.623. The van der Waals surface area contributed by atoms with E-state index in [1.165, 1.54) is 22.5 Å². The van der Waals surface area contributed by atoms with Crippen molar-refractivity contribution in [2.75, 3.05) is 7.05 Å². The van der Waals surface area contributed by atoms with Crippen molar-refractivity contribution in [3.63, 3.8) is 0 Å². The molecule has 3 nitrogen and oxygen atoms in total. The molecular weight excluding hydrogens is 246 g/mol. The number of fused-ring (bicyclic) bond motifs is 1. The third-order valence-corrected chi connectivity index (χ3v) is 4.52. The molecule has 0 saturated heterocycles. The van der Waals surface area contributed by atoms with Crippen LogP contribution in [0, 0.1) is 5.92 Å². The van der Waals surface area contributed by atoms with Crippen molar-refractivity contribution in [1.29, 1.82) is 0 Å². The summed E-state index contributed by atoms with van der Waals surface area (Å²) in [4.78, 5) is 0. The molecule has 1 aromatic carbocycles. The number of aryl methyl sites for hydroxylation is 2. The van der Waals surface area contributed by atoms with E-state index in [1.807, 2.05) is 0 Å². The van der Waals surface area contributed by atoms with Gasteiger partial charge in [-0.25, -0.2) is 0 Å². The molecule has 0 saturated carbocycles. The van der Waals surface area contributed by atoms with Crippen LogP contribution in [0.2, 0.25) is 0 Å². The Kier molecular flexibility index (Phi) is 3.62. The predicted octanol–water partition coefficient (Wildman–Crippen LogP) is 2.66. The molecule has 1 heterocycles. The molecule has 0 amide bonds. The van der Waals surface area contributed by atoms with Crippen LogP contribution in [0.4, 0.5) is 0 Å². The maximum Gasteiger partial charge on any atom is 0.0624 e. The Morgan fingerprint density at radius 2 is 2.15 bits per heavy atom. The van der Waals surface area contributed by atoms with Crippen LogP contribution in [0.1, 0.15) is 35.5 Å². The largest absolute Gasteiger partial charge is 0.313 e. The summed E-state index contributed by atoms with van der Waals surface area (Å²) in [7, 11) is 4.13. The Morgan fingerprint density at radius 3 is 2.85 bits per heavy atom. The lowest BCUT2D eigenvalue weighted by Gasteiger charge is -2.19. The molecule has 2 atom stereocenters. The lowest BCUT2D eigenvalue weighted by Crippen LogP contribution is -2.23. The van der Waals surface area contributed by atoms with Gasteiger partial charge in [0.15, 0.2) is 0 Å². The van der Waals surface area contributed by atoms with Crippen LogP contribution in [0.25, 0.3) is 0 Å². The summed E-state index contributed by atoms with van der Waals surface area (Å²) in [5, 5.41) is 8.07. The van der Waals surface area contributed by atoms with E-state index in [0.717, 1.165) is 19.3 Å². The van der Waals surface area contributed by atoms with Crippen molar-refractivity contribution in [2.24, 2.45) is 13.0 Å². The van der Waals surface area contributed by atoms with Gasteiger partial charge >= 0.3 is 0 Å². The molecule has 0 aliphatic heterocycles. The predicted molar refractivity (Wildman–Crippen MR) is 81.7 cm³/mol. The van der Waals surface area contributed by atoms with E-state index in [9.17, 15) is 0 Å². The smallest absolute Gasteiger partial charge is 0.0624 e. The van der Waals surface area contributed by atoms with Gasteiger partial charge < -0.3 is 5.32 Å². The molecule has 2 unspecified atom stereocenters. The SMILES string of the molecule is CCc1cc(CC2Cc3ccccc3C2NC)n(C)n1. The highest BCUT2D eigenvalue weighted by Gasteiger charge is 2.31. The van der Waals surface area contributed by atoms with E-state index < -0.39 is 0 Å². The van der Waals surface area contributed by atoms with Gasteiger partial charge in [0, 0.05) is 18.8 Å². The number of rotatable bonds is 4. The van der Waals surface area contributed by atoms with Gasteiger partial charge in [0.25, 0.3) is 0 Å². The molecule has 106 valence electrons. The molecule has 1 aliphatic carbocycles. The minimum absolute atomic E-state index is 0.464. The highest BCUT2D eigenvalue weighted by molar-refractivity contribution is 5.36. The Bertz CT molecular complexity index is 600. The van der Waals surface area contributed by atoms with Gasteiger partial charge in [0.1, 0.15) is 0 Å². The number of nitrogens with one attached hydrogen (secondary N) is 1. The van der Waals surface area contributed by atoms with E-state index >= 15 is 0 Å².